The van der Waals surface area contributed by atoms with E-state index in [0.29, 0.717) is 0 Å². The molecular formula is C25H32N6. The van der Waals surface area contributed by atoms with Gasteiger partial charge in [0.25, 0.3) is 0 Å². The summed E-state index contributed by atoms with van der Waals surface area (Å²) in [5, 5.41) is 12.5. The minimum Gasteiger partial charge on any atom is -0.297 e. The summed E-state index contributed by atoms with van der Waals surface area (Å²) >= 11 is 0. The van der Waals surface area contributed by atoms with Crippen molar-refractivity contribution in [2.75, 3.05) is 32.7 Å². The summed E-state index contributed by atoms with van der Waals surface area (Å²) in [5.41, 5.74) is 3.71. The summed E-state index contributed by atoms with van der Waals surface area (Å²) in [6.45, 7) is 9.33. The molecule has 2 heterocycles. The lowest BCUT2D eigenvalue weighted by Crippen LogP contribution is -2.45. The van der Waals surface area contributed by atoms with Gasteiger partial charge in [0, 0.05) is 51.4 Å². The molecule has 31 heavy (non-hydrogen) atoms. The van der Waals surface area contributed by atoms with Gasteiger partial charge in [0.05, 0.1) is 0 Å². The van der Waals surface area contributed by atoms with Crippen molar-refractivity contribution in [3.05, 3.63) is 71.8 Å². The van der Waals surface area contributed by atoms with Crippen LogP contribution in [0.1, 0.15) is 30.9 Å². The SMILES string of the molecule is CCCCn1nnnc1-c1ccccc1CN1CCN(CC=Cc2ccccc2)CC1. The molecule has 0 aliphatic carbocycles. The largest absolute Gasteiger partial charge is 0.297 e. The van der Waals surface area contributed by atoms with Gasteiger partial charge >= 0.3 is 0 Å². The van der Waals surface area contributed by atoms with Crippen LogP contribution < -0.4 is 0 Å². The first kappa shape index (κ1) is 21.4. The Kier molecular flexibility index (Phi) is 7.58. The number of rotatable bonds is 9. The number of aryl methyl sites for hydroxylation is 1. The van der Waals surface area contributed by atoms with Crippen molar-refractivity contribution in [1.82, 2.24) is 30.0 Å². The summed E-state index contributed by atoms with van der Waals surface area (Å²) in [5.74, 6) is 0.883. The predicted molar refractivity (Wildman–Crippen MR) is 125 cm³/mol. The van der Waals surface area contributed by atoms with E-state index in [1.165, 1.54) is 11.1 Å². The molecule has 0 radical (unpaired) electrons. The van der Waals surface area contributed by atoms with Crippen LogP contribution >= 0.6 is 0 Å². The third kappa shape index (κ3) is 5.87. The summed E-state index contributed by atoms with van der Waals surface area (Å²) in [4.78, 5) is 5.06. The first-order chi connectivity index (χ1) is 15.3. The van der Waals surface area contributed by atoms with E-state index < -0.39 is 0 Å². The third-order valence-electron chi connectivity index (χ3n) is 5.85. The van der Waals surface area contributed by atoms with Gasteiger partial charge in [-0.05, 0) is 28.0 Å². The monoisotopic (exact) mass is 416 g/mol. The summed E-state index contributed by atoms with van der Waals surface area (Å²) < 4.78 is 1.94. The highest BCUT2D eigenvalue weighted by molar-refractivity contribution is 5.59. The molecular weight excluding hydrogens is 384 g/mol. The maximum atomic E-state index is 4.33. The number of aromatic nitrogens is 4. The Bertz CT molecular complexity index is 957. The fourth-order valence-corrected chi connectivity index (χ4v) is 4.01. The standard InChI is InChI=1S/C25H32N6/c1-2-3-16-31-25(26-27-28-31)24-14-8-7-13-23(24)21-30-19-17-29(18-20-30)15-9-12-22-10-5-4-6-11-22/h4-14H,2-3,15-21H2,1H3. The molecule has 0 amide bonds. The minimum atomic E-state index is 0.863. The Hall–Kier alpha value is -2.83. The number of piperazine rings is 1. The maximum absolute atomic E-state index is 4.33. The van der Waals surface area contributed by atoms with E-state index >= 15 is 0 Å². The average Bonchev–Trinajstić information content (AvgIpc) is 3.28. The molecule has 0 N–H and O–H groups in total. The van der Waals surface area contributed by atoms with E-state index in [4.69, 9.17) is 0 Å². The molecule has 2 aromatic carbocycles. The van der Waals surface area contributed by atoms with Gasteiger partial charge in [0.15, 0.2) is 5.82 Å². The lowest BCUT2D eigenvalue weighted by molar-refractivity contribution is 0.137. The van der Waals surface area contributed by atoms with Crippen LogP contribution in [0.4, 0.5) is 0 Å². The molecule has 1 aliphatic rings. The van der Waals surface area contributed by atoms with Crippen LogP contribution in [0.5, 0.6) is 0 Å². The Morgan fingerprint density at radius 2 is 1.65 bits per heavy atom. The van der Waals surface area contributed by atoms with Crippen molar-refractivity contribution in [3.63, 3.8) is 0 Å². The van der Waals surface area contributed by atoms with Crippen LogP contribution in [0, 0.1) is 0 Å². The molecule has 0 bridgehead atoms. The highest BCUT2D eigenvalue weighted by atomic mass is 15.5. The number of benzene rings is 2. The molecule has 6 heteroatoms. The molecule has 1 aromatic heterocycles. The zero-order valence-corrected chi connectivity index (χ0v) is 18.4. The maximum Gasteiger partial charge on any atom is 0.182 e. The van der Waals surface area contributed by atoms with Crippen LogP contribution in [0.3, 0.4) is 0 Å². The second kappa shape index (κ2) is 11.0. The highest BCUT2D eigenvalue weighted by Crippen LogP contribution is 2.23. The molecule has 6 nitrogen and oxygen atoms in total. The zero-order valence-electron chi connectivity index (χ0n) is 18.4. The summed E-state index contributed by atoms with van der Waals surface area (Å²) in [6.07, 6.45) is 6.70. The molecule has 0 atom stereocenters. The van der Waals surface area contributed by atoms with Crippen molar-refractivity contribution in [2.45, 2.75) is 32.9 Å². The second-order valence-electron chi connectivity index (χ2n) is 8.13. The van der Waals surface area contributed by atoms with Gasteiger partial charge in [-0.25, -0.2) is 4.68 Å². The van der Waals surface area contributed by atoms with Crippen molar-refractivity contribution in [3.8, 4) is 11.4 Å². The van der Waals surface area contributed by atoms with Crippen molar-refractivity contribution in [2.24, 2.45) is 0 Å². The summed E-state index contributed by atoms with van der Waals surface area (Å²) in [7, 11) is 0. The summed E-state index contributed by atoms with van der Waals surface area (Å²) in [6, 6.07) is 19.1. The average molecular weight is 417 g/mol. The number of hydrogen-bond acceptors (Lipinski definition) is 5. The van der Waals surface area contributed by atoms with Crippen molar-refractivity contribution >= 4 is 6.08 Å². The van der Waals surface area contributed by atoms with Crippen LogP contribution in [0.25, 0.3) is 17.5 Å². The van der Waals surface area contributed by atoms with Gasteiger partial charge < -0.3 is 0 Å². The van der Waals surface area contributed by atoms with Crippen LogP contribution in [0.15, 0.2) is 60.7 Å². The first-order valence-electron chi connectivity index (χ1n) is 11.3. The fraction of sp³-hybridized carbons (Fsp3) is 0.400. The molecule has 4 rings (SSSR count). The van der Waals surface area contributed by atoms with E-state index in [2.05, 4.69) is 99.0 Å². The molecule has 1 saturated heterocycles. The lowest BCUT2D eigenvalue weighted by atomic mass is 10.1. The van der Waals surface area contributed by atoms with Crippen molar-refractivity contribution in [1.29, 1.82) is 0 Å². The smallest absolute Gasteiger partial charge is 0.182 e. The zero-order chi connectivity index (χ0) is 21.3. The van der Waals surface area contributed by atoms with Crippen LogP contribution in [-0.4, -0.2) is 62.7 Å². The molecule has 1 fully saturated rings. The molecule has 0 unspecified atom stereocenters. The number of unbranched alkanes of at least 4 members (excludes halogenated alkanes) is 1. The van der Waals surface area contributed by atoms with E-state index in [9.17, 15) is 0 Å². The molecule has 0 saturated carbocycles. The van der Waals surface area contributed by atoms with E-state index in [1.54, 1.807) is 0 Å². The molecule has 162 valence electrons. The topological polar surface area (TPSA) is 50.1 Å². The number of tetrazole rings is 1. The van der Waals surface area contributed by atoms with E-state index in [-0.39, 0.29) is 0 Å². The number of nitrogens with zero attached hydrogens (tertiary/aromatic N) is 6. The van der Waals surface area contributed by atoms with E-state index in [1.807, 2.05) is 4.68 Å². The molecule has 0 spiro atoms. The van der Waals surface area contributed by atoms with Gasteiger partial charge in [-0.2, -0.15) is 0 Å². The first-order valence-corrected chi connectivity index (χ1v) is 11.3. The van der Waals surface area contributed by atoms with Gasteiger partial charge in [-0.15, -0.1) is 5.10 Å². The van der Waals surface area contributed by atoms with Crippen LogP contribution in [-0.2, 0) is 13.1 Å². The Morgan fingerprint density at radius 3 is 2.45 bits per heavy atom. The normalized spacial score (nSPS) is 15.6. The van der Waals surface area contributed by atoms with Crippen LogP contribution in [0.2, 0.25) is 0 Å². The molecule has 3 aromatic rings. The van der Waals surface area contributed by atoms with Gasteiger partial charge in [-0.3, -0.25) is 9.80 Å². The fourth-order valence-electron chi connectivity index (χ4n) is 4.01. The lowest BCUT2D eigenvalue weighted by Gasteiger charge is -2.34. The Morgan fingerprint density at radius 1 is 0.903 bits per heavy atom. The van der Waals surface area contributed by atoms with Crippen molar-refractivity contribution < 1.29 is 0 Å². The van der Waals surface area contributed by atoms with E-state index in [0.717, 1.165) is 70.0 Å². The number of hydrogen-bond donors (Lipinski definition) is 0. The third-order valence-corrected chi connectivity index (χ3v) is 5.85. The minimum absolute atomic E-state index is 0.863. The predicted octanol–water partition coefficient (Wildman–Crippen LogP) is 3.97. The Labute approximate surface area is 185 Å². The second-order valence-corrected chi connectivity index (χ2v) is 8.13. The molecule has 1 aliphatic heterocycles. The Balaban J connectivity index is 1.33. The highest BCUT2D eigenvalue weighted by Gasteiger charge is 2.19. The van der Waals surface area contributed by atoms with Gasteiger partial charge in [0.2, 0.25) is 0 Å². The quantitative estimate of drug-likeness (QED) is 0.528. The van der Waals surface area contributed by atoms with Gasteiger partial charge in [-0.1, -0.05) is 80.1 Å². The van der Waals surface area contributed by atoms with Gasteiger partial charge in [0.1, 0.15) is 0 Å².